The molecule has 1 aromatic carbocycles. The maximum Gasteiger partial charge on any atom is 0.310 e. The summed E-state index contributed by atoms with van der Waals surface area (Å²) < 4.78 is 21.0. The summed E-state index contributed by atoms with van der Waals surface area (Å²) >= 11 is 0. The Morgan fingerprint density at radius 1 is 1.35 bits per heavy atom. The van der Waals surface area contributed by atoms with E-state index in [1.54, 1.807) is 39.3 Å². The molecule has 8 heteroatoms. The molecule has 7 nitrogen and oxygen atoms in total. The largest absolute Gasteiger partial charge is 0.460 e. The van der Waals surface area contributed by atoms with Gasteiger partial charge in [-0.05, 0) is 40.7 Å². The number of nitro benzene ring substituents is 1. The van der Waals surface area contributed by atoms with E-state index in [9.17, 15) is 19.3 Å². The number of benzene rings is 1. The van der Waals surface area contributed by atoms with Gasteiger partial charge in [0.15, 0.2) is 0 Å². The van der Waals surface area contributed by atoms with E-state index in [0.29, 0.717) is 5.69 Å². The molecule has 1 aromatic heterocycles. The van der Waals surface area contributed by atoms with E-state index < -0.39 is 16.3 Å². The molecule has 0 aliphatic heterocycles. The van der Waals surface area contributed by atoms with Gasteiger partial charge in [0, 0.05) is 22.9 Å². The number of ether oxygens (including phenoxy) is 1. The van der Waals surface area contributed by atoms with E-state index in [1.807, 2.05) is 0 Å². The molecular weight excluding hydrogens is 341 g/mol. The first-order valence-corrected chi connectivity index (χ1v) is 8.15. The summed E-state index contributed by atoms with van der Waals surface area (Å²) in [6, 6.07) is 3.52. The van der Waals surface area contributed by atoms with Crippen molar-refractivity contribution in [1.82, 2.24) is 9.78 Å². The van der Waals surface area contributed by atoms with E-state index in [-0.39, 0.29) is 30.2 Å². The molecule has 140 valence electrons. The second kappa shape index (κ2) is 7.23. The van der Waals surface area contributed by atoms with E-state index in [1.165, 1.54) is 12.1 Å². The van der Waals surface area contributed by atoms with Crippen LogP contribution in [-0.2, 0) is 22.5 Å². The summed E-state index contributed by atoms with van der Waals surface area (Å²) in [7, 11) is 0. The average molecular weight is 363 g/mol. The molecule has 0 radical (unpaired) electrons. The average Bonchev–Trinajstić information content (AvgIpc) is 2.75. The van der Waals surface area contributed by atoms with Crippen molar-refractivity contribution in [1.29, 1.82) is 0 Å². The zero-order valence-corrected chi connectivity index (χ0v) is 15.5. The number of non-ortho nitro benzene ring substituents is 1. The highest BCUT2D eigenvalue weighted by Crippen LogP contribution is 2.21. The fourth-order valence-corrected chi connectivity index (χ4v) is 2.61. The molecule has 0 aliphatic rings. The number of carbonyl (C=O) groups is 1. The van der Waals surface area contributed by atoms with Gasteiger partial charge in [0.05, 0.1) is 29.6 Å². The van der Waals surface area contributed by atoms with E-state index in [4.69, 9.17) is 4.74 Å². The van der Waals surface area contributed by atoms with Crippen molar-refractivity contribution < 1.29 is 18.8 Å². The van der Waals surface area contributed by atoms with Crippen molar-refractivity contribution in [3.63, 3.8) is 0 Å². The smallest absolute Gasteiger partial charge is 0.310 e. The number of esters is 1. The van der Waals surface area contributed by atoms with Crippen LogP contribution in [0.15, 0.2) is 18.2 Å². The first-order valence-electron chi connectivity index (χ1n) is 8.15. The molecule has 2 aromatic rings. The highest BCUT2D eigenvalue weighted by Gasteiger charge is 2.21. The molecule has 0 bridgehead atoms. The van der Waals surface area contributed by atoms with Gasteiger partial charge in [0.1, 0.15) is 11.4 Å². The van der Waals surface area contributed by atoms with Gasteiger partial charge < -0.3 is 4.74 Å². The van der Waals surface area contributed by atoms with Crippen LogP contribution >= 0.6 is 0 Å². The zero-order valence-electron chi connectivity index (χ0n) is 15.5. The van der Waals surface area contributed by atoms with Gasteiger partial charge in [-0.3, -0.25) is 19.6 Å². The SMILES string of the molecule is Cc1nn(Cc2ccc([N+](=O)[O-])cc2F)c(C)c1CC(=O)OC(C)(C)C. The van der Waals surface area contributed by atoms with Crippen LogP contribution in [0.5, 0.6) is 0 Å². The Hall–Kier alpha value is -2.77. The lowest BCUT2D eigenvalue weighted by Gasteiger charge is -2.19. The van der Waals surface area contributed by atoms with Gasteiger partial charge in [-0.25, -0.2) is 4.39 Å². The van der Waals surface area contributed by atoms with E-state index in [2.05, 4.69) is 5.10 Å². The second-order valence-electron chi connectivity index (χ2n) is 7.10. The maximum absolute atomic E-state index is 14.1. The molecule has 0 N–H and O–H groups in total. The predicted octanol–water partition coefficient (Wildman–Crippen LogP) is 3.48. The summed E-state index contributed by atoms with van der Waals surface area (Å²) in [5.41, 5.74) is 1.54. The lowest BCUT2D eigenvalue weighted by Crippen LogP contribution is -2.25. The molecular formula is C18H22FN3O4. The Labute approximate surface area is 150 Å². The number of aromatic nitrogens is 2. The quantitative estimate of drug-likeness (QED) is 0.461. The third kappa shape index (κ3) is 4.65. The number of nitrogens with zero attached hydrogens (tertiary/aromatic N) is 3. The molecule has 0 unspecified atom stereocenters. The highest BCUT2D eigenvalue weighted by molar-refractivity contribution is 5.73. The van der Waals surface area contributed by atoms with Gasteiger partial charge in [-0.2, -0.15) is 5.10 Å². The number of hydrogen-bond donors (Lipinski definition) is 0. The standard InChI is InChI=1S/C18H22FN3O4/c1-11-15(9-17(23)26-18(3,4)5)12(2)21(20-11)10-13-6-7-14(22(24)25)8-16(13)19/h6-8H,9-10H2,1-5H3. The third-order valence-electron chi connectivity index (χ3n) is 3.84. The Morgan fingerprint density at radius 2 is 2.00 bits per heavy atom. The molecule has 2 rings (SSSR count). The Kier molecular flexibility index (Phi) is 5.44. The van der Waals surface area contributed by atoms with Crippen LogP contribution in [0.2, 0.25) is 0 Å². The second-order valence-corrected chi connectivity index (χ2v) is 7.10. The van der Waals surface area contributed by atoms with Gasteiger partial charge in [0.25, 0.3) is 5.69 Å². The van der Waals surface area contributed by atoms with E-state index in [0.717, 1.165) is 17.3 Å². The van der Waals surface area contributed by atoms with Crippen molar-refractivity contribution in [2.45, 2.75) is 53.2 Å². The molecule has 0 fully saturated rings. The van der Waals surface area contributed by atoms with Crippen LogP contribution in [0.3, 0.4) is 0 Å². The Bertz CT molecular complexity index is 853. The molecule has 26 heavy (non-hydrogen) atoms. The molecule has 0 saturated heterocycles. The minimum absolute atomic E-state index is 0.0810. The first-order chi connectivity index (χ1) is 12.0. The minimum Gasteiger partial charge on any atom is -0.460 e. The summed E-state index contributed by atoms with van der Waals surface area (Å²) in [5.74, 6) is -1.02. The minimum atomic E-state index is -0.666. The molecule has 0 atom stereocenters. The summed E-state index contributed by atoms with van der Waals surface area (Å²) in [6.45, 7) is 9.07. The van der Waals surface area contributed by atoms with Gasteiger partial charge in [-0.1, -0.05) is 0 Å². The highest BCUT2D eigenvalue weighted by atomic mass is 19.1. The van der Waals surface area contributed by atoms with Crippen molar-refractivity contribution in [3.05, 3.63) is 56.6 Å². The Morgan fingerprint density at radius 3 is 2.54 bits per heavy atom. The fraction of sp³-hybridized carbons (Fsp3) is 0.444. The van der Waals surface area contributed by atoms with Crippen LogP contribution in [0.4, 0.5) is 10.1 Å². The normalized spacial score (nSPS) is 11.5. The van der Waals surface area contributed by atoms with Crippen LogP contribution in [-0.4, -0.2) is 26.3 Å². The summed E-state index contributed by atoms with van der Waals surface area (Å²) in [6.07, 6.45) is 0.0810. The molecule has 1 heterocycles. The molecule has 0 spiro atoms. The lowest BCUT2D eigenvalue weighted by molar-refractivity contribution is -0.385. The number of carbonyl (C=O) groups excluding carboxylic acids is 1. The van der Waals surface area contributed by atoms with Gasteiger partial charge >= 0.3 is 5.97 Å². The third-order valence-corrected chi connectivity index (χ3v) is 3.84. The molecule has 0 saturated carbocycles. The van der Waals surface area contributed by atoms with Gasteiger partial charge in [0.2, 0.25) is 0 Å². The van der Waals surface area contributed by atoms with Crippen LogP contribution in [0, 0.1) is 29.8 Å². The molecule has 0 amide bonds. The molecule has 0 aliphatic carbocycles. The number of rotatable bonds is 5. The summed E-state index contributed by atoms with van der Waals surface area (Å²) in [5, 5.41) is 15.1. The maximum atomic E-state index is 14.1. The van der Waals surface area contributed by atoms with Gasteiger partial charge in [-0.15, -0.1) is 0 Å². The zero-order chi connectivity index (χ0) is 19.6. The predicted molar refractivity (Wildman–Crippen MR) is 93.4 cm³/mol. The number of nitro groups is 1. The van der Waals surface area contributed by atoms with Crippen LogP contribution in [0.25, 0.3) is 0 Å². The summed E-state index contributed by atoms with van der Waals surface area (Å²) in [4.78, 5) is 22.1. The van der Waals surface area contributed by atoms with Crippen LogP contribution < -0.4 is 0 Å². The number of aryl methyl sites for hydroxylation is 1. The Balaban J connectivity index is 2.22. The first kappa shape index (κ1) is 19.6. The fourth-order valence-electron chi connectivity index (χ4n) is 2.61. The number of halogens is 1. The van der Waals surface area contributed by atoms with E-state index >= 15 is 0 Å². The van der Waals surface area contributed by atoms with Crippen LogP contribution in [0.1, 0.15) is 43.3 Å². The lowest BCUT2D eigenvalue weighted by atomic mass is 10.1. The van der Waals surface area contributed by atoms with Crippen molar-refractivity contribution in [2.24, 2.45) is 0 Å². The topological polar surface area (TPSA) is 87.3 Å². The van der Waals surface area contributed by atoms with Crippen molar-refractivity contribution in [3.8, 4) is 0 Å². The van der Waals surface area contributed by atoms with Crippen molar-refractivity contribution in [2.75, 3.05) is 0 Å². The monoisotopic (exact) mass is 363 g/mol. The number of hydrogen-bond acceptors (Lipinski definition) is 5. The van der Waals surface area contributed by atoms with Crippen molar-refractivity contribution >= 4 is 11.7 Å².